The molecule has 1 aromatic carbocycles. The number of carbonyl (C=O) groups excluding carboxylic acids is 1. The molecule has 5 heteroatoms. The second-order valence-corrected chi connectivity index (χ2v) is 5.31. The SMILES string of the molecule is Cc1cc(C)c(C(=O)NCC[C@@H](O)c2ccccc2)c(=O)[nH]1. The molecule has 0 aliphatic heterocycles. The molecule has 0 fully saturated rings. The van der Waals surface area contributed by atoms with E-state index in [1.807, 2.05) is 30.3 Å². The zero-order chi connectivity index (χ0) is 16.1. The van der Waals surface area contributed by atoms with E-state index in [1.54, 1.807) is 19.9 Å². The maximum absolute atomic E-state index is 12.1. The van der Waals surface area contributed by atoms with Crippen LogP contribution in [0.1, 0.15) is 39.7 Å². The van der Waals surface area contributed by atoms with E-state index in [1.165, 1.54) is 0 Å². The molecule has 1 heterocycles. The molecule has 0 saturated heterocycles. The highest BCUT2D eigenvalue weighted by molar-refractivity contribution is 5.95. The number of pyridine rings is 1. The van der Waals surface area contributed by atoms with Crippen LogP contribution in [0.4, 0.5) is 0 Å². The number of nitrogens with one attached hydrogen (secondary N) is 2. The van der Waals surface area contributed by atoms with Crippen LogP contribution in [0.5, 0.6) is 0 Å². The average molecular weight is 300 g/mol. The normalized spacial score (nSPS) is 12.0. The molecule has 0 saturated carbocycles. The number of hydrogen-bond acceptors (Lipinski definition) is 3. The second kappa shape index (κ2) is 7.04. The van der Waals surface area contributed by atoms with E-state index in [4.69, 9.17) is 0 Å². The Labute approximate surface area is 129 Å². The first-order chi connectivity index (χ1) is 10.5. The van der Waals surface area contributed by atoms with Crippen molar-refractivity contribution < 1.29 is 9.90 Å². The Balaban J connectivity index is 1.95. The first-order valence-corrected chi connectivity index (χ1v) is 7.20. The van der Waals surface area contributed by atoms with Gasteiger partial charge in [-0.25, -0.2) is 0 Å². The molecule has 5 nitrogen and oxygen atoms in total. The van der Waals surface area contributed by atoms with Crippen LogP contribution in [0.15, 0.2) is 41.2 Å². The quantitative estimate of drug-likeness (QED) is 0.788. The van der Waals surface area contributed by atoms with Gasteiger partial charge < -0.3 is 15.4 Å². The number of aliphatic hydroxyl groups is 1. The summed E-state index contributed by atoms with van der Waals surface area (Å²) in [6.07, 6.45) is -0.252. The number of rotatable bonds is 5. The molecule has 1 amide bonds. The summed E-state index contributed by atoms with van der Waals surface area (Å²) in [5.74, 6) is -0.418. The van der Waals surface area contributed by atoms with E-state index in [0.29, 0.717) is 18.5 Å². The summed E-state index contributed by atoms with van der Waals surface area (Å²) in [6, 6.07) is 11.0. The highest BCUT2D eigenvalue weighted by Crippen LogP contribution is 2.15. The molecule has 0 aliphatic rings. The third-order valence-electron chi connectivity index (χ3n) is 3.48. The summed E-state index contributed by atoms with van der Waals surface area (Å²) in [5, 5.41) is 12.7. The van der Waals surface area contributed by atoms with Crippen LogP contribution < -0.4 is 10.9 Å². The molecule has 0 bridgehead atoms. The van der Waals surface area contributed by atoms with Crippen LogP contribution in [-0.2, 0) is 0 Å². The fourth-order valence-electron chi connectivity index (χ4n) is 2.39. The number of benzene rings is 1. The minimum Gasteiger partial charge on any atom is -0.388 e. The van der Waals surface area contributed by atoms with E-state index >= 15 is 0 Å². The van der Waals surface area contributed by atoms with E-state index in [-0.39, 0.29) is 5.56 Å². The highest BCUT2D eigenvalue weighted by Gasteiger charge is 2.14. The average Bonchev–Trinajstić information content (AvgIpc) is 2.47. The molecule has 22 heavy (non-hydrogen) atoms. The van der Waals surface area contributed by atoms with Gasteiger partial charge in [0.15, 0.2) is 0 Å². The summed E-state index contributed by atoms with van der Waals surface area (Å²) in [6.45, 7) is 3.80. The van der Waals surface area contributed by atoms with Crippen molar-refractivity contribution in [2.24, 2.45) is 0 Å². The zero-order valence-corrected chi connectivity index (χ0v) is 12.7. The summed E-state index contributed by atoms with van der Waals surface area (Å²) in [4.78, 5) is 26.6. The second-order valence-electron chi connectivity index (χ2n) is 5.31. The third kappa shape index (κ3) is 3.83. The molecule has 2 rings (SSSR count). The fourth-order valence-corrected chi connectivity index (χ4v) is 2.39. The zero-order valence-electron chi connectivity index (χ0n) is 12.7. The summed E-state index contributed by atoms with van der Waals surface area (Å²) in [5.41, 5.74) is 1.90. The molecule has 1 atom stereocenters. The van der Waals surface area contributed by atoms with E-state index in [2.05, 4.69) is 10.3 Å². The van der Waals surface area contributed by atoms with Gasteiger partial charge in [0.2, 0.25) is 0 Å². The van der Waals surface area contributed by atoms with Gasteiger partial charge in [0, 0.05) is 12.2 Å². The molecule has 0 unspecified atom stereocenters. The lowest BCUT2D eigenvalue weighted by Gasteiger charge is -2.12. The molecular weight excluding hydrogens is 280 g/mol. The summed E-state index contributed by atoms with van der Waals surface area (Å²) in [7, 11) is 0. The van der Waals surface area contributed by atoms with Gasteiger partial charge in [-0.1, -0.05) is 30.3 Å². The van der Waals surface area contributed by atoms with Gasteiger partial charge in [-0.05, 0) is 37.5 Å². The highest BCUT2D eigenvalue weighted by atomic mass is 16.3. The molecule has 0 radical (unpaired) electrons. The Morgan fingerprint density at radius 2 is 1.95 bits per heavy atom. The molecule has 116 valence electrons. The number of aromatic amines is 1. The van der Waals surface area contributed by atoms with Crippen LogP contribution in [0.3, 0.4) is 0 Å². The van der Waals surface area contributed by atoms with Crippen molar-refractivity contribution in [2.45, 2.75) is 26.4 Å². The Kier molecular flexibility index (Phi) is 5.12. The molecule has 3 N–H and O–H groups in total. The molecule has 2 aromatic rings. The number of carbonyl (C=O) groups is 1. The van der Waals surface area contributed by atoms with Crippen LogP contribution >= 0.6 is 0 Å². The Morgan fingerprint density at radius 1 is 1.27 bits per heavy atom. The number of amides is 1. The van der Waals surface area contributed by atoms with E-state index in [0.717, 1.165) is 11.3 Å². The minimum absolute atomic E-state index is 0.125. The third-order valence-corrected chi connectivity index (χ3v) is 3.48. The van der Waals surface area contributed by atoms with Crippen molar-refractivity contribution >= 4 is 5.91 Å². The number of aliphatic hydroxyl groups excluding tert-OH is 1. The van der Waals surface area contributed by atoms with Gasteiger partial charge in [0.05, 0.1) is 6.10 Å². The largest absolute Gasteiger partial charge is 0.388 e. The standard InChI is InChI=1S/C17H20N2O3/c1-11-10-12(2)19-17(22)15(11)16(21)18-9-8-14(20)13-6-4-3-5-7-13/h3-7,10,14,20H,8-9H2,1-2H3,(H,18,21)(H,19,22)/t14-/m1/s1. The van der Waals surface area contributed by atoms with Gasteiger partial charge in [0.1, 0.15) is 5.56 Å². The summed E-state index contributed by atoms with van der Waals surface area (Å²) < 4.78 is 0. The van der Waals surface area contributed by atoms with Gasteiger partial charge in [-0.2, -0.15) is 0 Å². The lowest BCUT2D eigenvalue weighted by atomic mass is 10.1. The van der Waals surface area contributed by atoms with Crippen molar-refractivity contribution in [3.8, 4) is 0 Å². The van der Waals surface area contributed by atoms with Crippen LogP contribution in [0.25, 0.3) is 0 Å². The number of aryl methyl sites for hydroxylation is 2. The van der Waals surface area contributed by atoms with Crippen molar-refractivity contribution in [2.75, 3.05) is 6.54 Å². The predicted molar refractivity (Wildman–Crippen MR) is 84.9 cm³/mol. The minimum atomic E-state index is -0.640. The maximum atomic E-state index is 12.1. The van der Waals surface area contributed by atoms with Crippen molar-refractivity contribution in [1.29, 1.82) is 0 Å². The van der Waals surface area contributed by atoms with Gasteiger partial charge >= 0.3 is 0 Å². The van der Waals surface area contributed by atoms with E-state index < -0.39 is 17.6 Å². The molecular formula is C17H20N2O3. The monoisotopic (exact) mass is 300 g/mol. The first kappa shape index (κ1) is 16.0. The van der Waals surface area contributed by atoms with Crippen LogP contribution in [0.2, 0.25) is 0 Å². The fraction of sp³-hybridized carbons (Fsp3) is 0.294. The Morgan fingerprint density at radius 3 is 2.59 bits per heavy atom. The molecule has 0 spiro atoms. The molecule has 0 aliphatic carbocycles. The van der Waals surface area contributed by atoms with Crippen molar-refractivity contribution in [1.82, 2.24) is 10.3 Å². The topological polar surface area (TPSA) is 82.2 Å². The number of aromatic nitrogens is 1. The Hall–Kier alpha value is -2.40. The van der Waals surface area contributed by atoms with Crippen LogP contribution in [0, 0.1) is 13.8 Å². The number of H-pyrrole nitrogens is 1. The smallest absolute Gasteiger partial charge is 0.261 e. The predicted octanol–water partition coefficient (Wildman–Crippen LogP) is 1.85. The lowest BCUT2D eigenvalue weighted by Crippen LogP contribution is -2.32. The van der Waals surface area contributed by atoms with Gasteiger partial charge in [-0.3, -0.25) is 9.59 Å². The molecule has 1 aromatic heterocycles. The first-order valence-electron chi connectivity index (χ1n) is 7.20. The van der Waals surface area contributed by atoms with Crippen LogP contribution in [-0.4, -0.2) is 22.5 Å². The number of hydrogen-bond donors (Lipinski definition) is 3. The summed E-state index contributed by atoms with van der Waals surface area (Å²) >= 11 is 0. The van der Waals surface area contributed by atoms with Gasteiger partial charge in [-0.15, -0.1) is 0 Å². The van der Waals surface area contributed by atoms with Gasteiger partial charge in [0.25, 0.3) is 11.5 Å². The Bertz CT molecular complexity index is 708. The van der Waals surface area contributed by atoms with E-state index in [9.17, 15) is 14.7 Å². The maximum Gasteiger partial charge on any atom is 0.261 e. The van der Waals surface area contributed by atoms with Crippen molar-refractivity contribution in [3.05, 3.63) is 69.1 Å². The van der Waals surface area contributed by atoms with Crippen molar-refractivity contribution in [3.63, 3.8) is 0 Å². The lowest BCUT2D eigenvalue weighted by molar-refractivity contribution is 0.0940.